The van der Waals surface area contributed by atoms with Gasteiger partial charge in [-0.25, -0.2) is 0 Å². The third-order valence-corrected chi connectivity index (χ3v) is 3.27. The van der Waals surface area contributed by atoms with Crippen molar-refractivity contribution in [3.8, 4) is 0 Å². The molecule has 1 atom stereocenters. The minimum Gasteiger partial charge on any atom is -0.303 e. The number of likely N-dealkylation sites (tertiary alicyclic amines) is 1. The third kappa shape index (κ3) is 1.07. The van der Waals surface area contributed by atoms with E-state index in [0.29, 0.717) is 0 Å². The Hall–Kier alpha value is -0.0400. The summed E-state index contributed by atoms with van der Waals surface area (Å²) in [5.74, 6) is 0. The monoisotopic (exact) mass is 139 g/mol. The first-order valence-corrected chi connectivity index (χ1v) is 4.40. The van der Waals surface area contributed by atoms with Gasteiger partial charge < -0.3 is 4.90 Å². The zero-order chi connectivity index (χ0) is 7.19. The van der Waals surface area contributed by atoms with Gasteiger partial charge in [-0.2, -0.15) is 0 Å². The van der Waals surface area contributed by atoms with Crippen LogP contribution in [0.3, 0.4) is 0 Å². The van der Waals surface area contributed by atoms with Crippen LogP contribution in [0.2, 0.25) is 0 Å². The zero-order valence-electron chi connectivity index (χ0n) is 7.06. The first kappa shape index (κ1) is 6.66. The van der Waals surface area contributed by atoms with Gasteiger partial charge in [-0.3, -0.25) is 0 Å². The lowest BCUT2D eigenvalue weighted by molar-refractivity contribution is 0.100. The Balaban J connectivity index is 1.80. The molecule has 0 bridgehead atoms. The van der Waals surface area contributed by atoms with Crippen molar-refractivity contribution in [3.63, 3.8) is 0 Å². The molecule has 0 amide bonds. The highest BCUT2D eigenvalue weighted by molar-refractivity contribution is 4.95. The molecule has 1 saturated carbocycles. The lowest BCUT2D eigenvalue weighted by atomic mass is 9.91. The topological polar surface area (TPSA) is 3.24 Å². The van der Waals surface area contributed by atoms with Crippen LogP contribution in [0.15, 0.2) is 0 Å². The van der Waals surface area contributed by atoms with Gasteiger partial charge in [0.25, 0.3) is 0 Å². The largest absolute Gasteiger partial charge is 0.303 e. The fourth-order valence-electron chi connectivity index (χ4n) is 1.81. The quantitative estimate of drug-likeness (QED) is 0.564. The van der Waals surface area contributed by atoms with Crippen LogP contribution >= 0.6 is 0 Å². The van der Waals surface area contributed by atoms with Crippen molar-refractivity contribution in [2.75, 3.05) is 13.6 Å². The highest BCUT2D eigenvalue weighted by Crippen LogP contribution is 2.50. The van der Waals surface area contributed by atoms with Gasteiger partial charge in [0.05, 0.1) is 0 Å². The molecular formula is C9H17N. The molecule has 58 valence electrons. The van der Waals surface area contributed by atoms with Gasteiger partial charge in [0.2, 0.25) is 0 Å². The van der Waals surface area contributed by atoms with Gasteiger partial charge in [-0.1, -0.05) is 6.92 Å². The maximum atomic E-state index is 2.49. The minimum absolute atomic E-state index is 0.763. The fraction of sp³-hybridized carbons (Fsp3) is 1.00. The van der Waals surface area contributed by atoms with E-state index < -0.39 is 0 Å². The minimum atomic E-state index is 0.763. The maximum absolute atomic E-state index is 2.49. The average molecular weight is 139 g/mol. The Labute approximate surface area is 63.4 Å². The number of hydrogen-bond donors (Lipinski definition) is 0. The molecule has 0 spiro atoms. The standard InChI is InChI=1S/C9H17N/c1-9(4-5-9)7-8-3-6-10(8)2/h8H,3-7H2,1-2H3/t8-/m0/s1. The number of nitrogens with zero attached hydrogens (tertiary/aromatic N) is 1. The van der Waals surface area contributed by atoms with E-state index in [1.54, 1.807) is 0 Å². The van der Waals surface area contributed by atoms with Crippen molar-refractivity contribution in [1.82, 2.24) is 4.90 Å². The van der Waals surface area contributed by atoms with Crippen molar-refractivity contribution in [1.29, 1.82) is 0 Å². The van der Waals surface area contributed by atoms with Crippen LogP contribution in [0, 0.1) is 5.41 Å². The van der Waals surface area contributed by atoms with Gasteiger partial charge in [0.15, 0.2) is 0 Å². The van der Waals surface area contributed by atoms with Crippen molar-refractivity contribution < 1.29 is 0 Å². The van der Waals surface area contributed by atoms with Crippen LogP contribution in [-0.2, 0) is 0 Å². The van der Waals surface area contributed by atoms with E-state index in [9.17, 15) is 0 Å². The van der Waals surface area contributed by atoms with Crippen molar-refractivity contribution >= 4 is 0 Å². The van der Waals surface area contributed by atoms with E-state index in [1.807, 2.05) is 0 Å². The molecule has 1 aliphatic carbocycles. The summed E-state index contributed by atoms with van der Waals surface area (Å²) in [6.07, 6.45) is 5.88. The highest BCUT2D eigenvalue weighted by atomic mass is 15.2. The first-order chi connectivity index (χ1) is 4.70. The van der Waals surface area contributed by atoms with Crippen LogP contribution in [-0.4, -0.2) is 24.5 Å². The Morgan fingerprint density at radius 3 is 2.50 bits per heavy atom. The molecule has 0 N–H and O–H groups in total. The Bertz CT molecular complexity index is 138. The van der Waals surface area contributed by atoms with Crippen LogP contribution in [0.5, 0.6) is 0 Å². The average Bonchev–Trinajstić information content (AvgIpc) is 2.61. The molecule has 0 aromatic heterocycles. The van der Waals surface area contributed by atoms with E-state index in [-0.39, 0.29) is 0 Å². The second kappa shape index (κ2) is 1.97. The summed E-state index contributed by atoms with van der Waals surface area (Å²) in [5, 5.41) is 0. The van der Waals surface area contributed by atoms with Crippen molar-refractivity contribution in [2.24, 2.45) is 5.41 Å². The second-order valence-electron chi connectivity index (χ2n) is 4.44. The van der Waals surface area contributed by atoms with Gasteiger partial charge in [-0.15, -0.1) is 0 Å². The summed E-state index contributed by atoms with van der Waals surface area (Å²) in [6.45, 7) is 3.76. The van der Waals surface area contributed by atoms with Gasteiger partial charge in [-0.05, 0) is 44.7 Å². The van der Waals surface area contributed by atoms with E-state index in [0.717, 1.165) is 11.5 Å². The van der Waals surface area contributed by atoms with E-state index >= 15 is 0 Å². The SMILES string of the molecule is CN1CC[C@H]1CC1(C)CC1. The molecule has 0 unspecified atom stereocenters. The van der Waals surface area contributed by atoms with Gasteiger partial charge in [0.1, 0.15) is 0 Å². The zero-order valence-corrected chi connectivity index (χ0v) is 7.06. The highest BCUT2D eigenvalue weighted by Gasteiger charge is 2.41. The third-order valence-electron chi connectivity index (χ3n) is 3.27. The molecule has 1 nitrogen and oxygen atoms in total. The predicted molar refractivity (Wildman–Crippen MR) is 43.0 cm³/mol. The molecule has 2 fully saturated rings. The molecule has 0 aromatic carbocycles. The summed E-state index contributed by atoms with van der Waals surface area (Å²) in [4.78, 5) is 2.49. The normalized spacial score (nSPS) is 37.2. The molecule has 1 heteroatoms. The summed E-state index contributed by atoms with van der Waals surface area (Å²) < 4.78 is 0. The Morgan fingerprint density at radius 2 is 2.20 bits per heavy atom. The molecule has 1 aliphatic heterocycles. The predicted octanol–water partition coefficient (Wildman–Crippen LogP) is 1.88. The van der Waals surface area contributed by atoms with Crippen LogP contribution in [0.25, 0.3) is 0 Å². The van der Waals surface area contributed by atoms with E-state index in [1.165, 1.54) is 32.2 Å². The molecule has 10 heavy (non-hydrogen) atoms. The molecule has 1 heterocycles. The Kier molecular flexibility index (Phi) is 1.31. The molecule has 2 rings (SSSR count). The molecule has 2 aliphatic rings. The molecule has 0 radical (unpaired) electrons. The van der Waals surface area contributed by atoms with Crippen LogP contribution < -0.4 is 0 Å². The number of hydrogen-bond acceptors (Lipinski definition) is 1. The number of rotatable bonds is 2. The van der Waals surface area contributed by atoms with E-state index in [4.69, 9.17) is 0 Å². The maximum Gasteiger partial charge on any atom is 0.0110 e. The molecule has 0 aromatic rings. The summed E-state index contributed by atoms with van der Waals surface area (Å²) in [5.41, 5.74) is 0.763. The van der Waals surface area contributed by atoms with Gasteiger partial charge in [0, 0.05) is 6.04 Å². The van der Waals surface area contributed by atoms with Crippen LogP contribution in [0.4, 0.5) is 0 Å². The summed E-state index contributed by atoms with van der Waals surface area (Å²) in [6, 6.07) is 0.937. The van der Waals surface area contributed by atoms with Crippen LogP contribution in [0.1, 0.15) is 32.6 Å². The van der Waals surface area contributed by atoms with Crippen molar-refractivity contribution in [2.45, 2.75) is 38.6 Å². The van der Waals surface area contributed by atoms with E-state index in [2.05, 4.69) is 18.9 Å². The summed E-state index contributed by atoms with van der Waals surface area (Å²) in [7, 11) is 2.25. The smallest absolute Gasteiger partial charge is 0.0110 e. The molecular weight excluding hydrogens is 122 g/mol. The second-order valence-corrected chi connectivity index (χ2v) is 4.44. The first-order valence-electron chi connectivity index (χ1n) is 4.40. The molecule has 1 saturated heterocycles. The summed E-state index contributed by atoms with van der Waals surface area (Å²) >= 11 is 0. The lowest BCUT2D eigenvalue weighted by Gasteiger charge is -2.39. The fourth-order valence-corrected chi connectivity index (χ4v) is 1.81. The van der Waals surface area contributed by atoms with Gasteiger partial charge >= 0.3 is 0 Å². The van der Waals surface area contributed by atoms with Crippen molar-refractivity contribution in [3.05, 3.63) is 0 Å². The Morgan fingerprint density at radius 1 is 1.50 bits per heavy atom. The lowest BCUT2D eigenvalue weighted by Crippen LogP contribution is -2.45.